The highest BCUT2D eigenvalue weighted by atomic mass is 31.2. The second kappa shape index (κ2) is 16.1. The predicted octanol–water partition coefficient (Wildman–Crippen LogP) is 1.41. The van der Waals surface area contributed by atoms with Crippen LogP contribution in [0.5, 0.6) is 23.0 Å². The number of phosphoric acid groups is 1. The van der Waals surface area contributed by atoms with Gasteiger partial charge >= 0.3 is 13.8 Å². The van der Waals surface area contributed by atoms with Crippen LogP contribution in [0, 0.1) is 0 Å². The zero-order valence-corrected chi connectivity index (χ0v) is 31.6. The number of nitrogens with zero attached hydrogens (tertiary/aromatic N) is 4. The number of carbonyl (C=O) groups is 2. The van der Waals surface area contributed by atoms with E-state index in [-0.39, 0.29) is 72.7 Å². The van der Waals surface area contributed by atoms with Crippen molar-refractivity contribution in [3.05, 3.63) is 95.1 Å². The fraction of sp³-hybridized carbons (Fsp3) is 0.324. The molecule has 8 N–H and O–H groups in total. The Kier molecular flexibility index (Phi) is 11.0. The highest BCUT2D eigenvalue weighted by molar-refractivity contribution is 7.46. The monoisotopic (exact) mass is 836 g/mol. The lowest BCUT2D eigenvalue weighted by Gasteiger charge is -2.36. The minimum absolute atomic E-state index is 0.0745. The molecule has 1 amide bonds. The summed E-state index contributed by atoms with van der Waals surface area (Å²) in [5, 5.41) is 47.1. The molecule has 0 radical (unpaired) electrons. The first-order valence-corrected chi connectivity index (χ1v) is 19.7. The van der Waals surface area contributed by atoms with E-state index in [0.29, 0.717) is 34.6 Å². The second-order valence-electron chi connectivity index (χ2n) is 13.5. The summed E-state index contributed by atoms with van der Waals surface area (Å²) < 4.78 is 45.8. The van der Waals surface area contributed by atoms with Crippen molar-refractivity contribution in [1.29, 1.82) is 0 Å². The van der Waals surface area contributed by atoms with Gasteiger partial charge in [0.2, 0.25) is 0 Å². The standard InChI is InChI=1S/C37H37N6O15P/c44-19-4-6-22-25(14-19)56-26-15-20(45)5-7-23(26)37(22)24-3-1-2-21(28(24)36(49)58-37)34(48)39-9-11-54-13-12-53-10-8-38-32-29-33(41-17-40-32)43(18-42-29)35-31(47)30(46)27(57-35)16-55-59(50,51)52/h1-7,14-15,17-18,27,30-31,35,44-47H,8-13,16H2,(H,39,48)(H,38,40,41)(H2,50,51,52)/t27-,30-,31-,35-/m1/s1. The Bertz CT molecular complexity index is 2410. The molecule has 1 saturated heterocycles. The molecular weight excluding hydrogens is 799 g/mol. The summed E-state index contributed by atoms with van der Waals surface area (Å²) >= 11 is 0. The molecule has 3 aromatic carbocycles. The van der Waals surface area contributed by atoms with Crippen molar-refractivity contribution < 1.29 is 72.6 Å². The number of esters is 1. The Labute approximate surface area is 333 Å². The number of hydrogen-bond acceptors (Lipinski definition) is 17. The van der Waals surface area contributed by atoms with E-state index in [4.69, 9.17) is 33.5 Å². The summed E-state index contributed by atoms with van der Waals surface area (Å²) in [6.45, 7) is 0.646. The minimum Gasteiger partial charge on any atom is -0.508 e. The van der Waals surface area contributed by atoms with E-state index in [1.54, 1.807) is 24.3 Å². The van der Waals surface area contributed by atoms with Crippen LogP contribution in [0.1, 0.15) is 43.6 Å². The van der Waals surface area contributed by atoms with Crippen LogP contribution in [0.15, 0.2) is 67.3 Å². The highest BCUT2D eigenvalue weighted by Gasteiger charge is 2.55. The van der Waals surface area contributed by atoms with Gasteiger partial charge in [-0.15, -0.1) is 0 Å². The molecule has 5 heterocycles. The van der Waals surface area contributed by atoms with E-state index < -0.39 is 56.4 Å². The Hall–Kier alpha value is -5.74. The Morgan fingerprint density at radius 2 is 1.58 bits per heavy atom. The molecule has 0 bridgehead atoms. The van der Waals surface area contributed by atoms with Crippen molar-refractivity contribution in [2.45, 2.75) is 30.1 Å². The van der Waals surface area contributed by atoms with Crippen LogP contribution in [-0.4, -0.2) is 126 Å². The molecule has 1 fully saturated rings. The first kappa shape index (κ1) is 40.1. The molecule has 5 aromatic rings. The number of benzene rings is 3. The van der Waals surface area contributed by atoms with E-state index >= 15 is 0 Å². The van der Waals surface area contributed by atoms with Crippen molar-refractivity contribution in [1.82, 2.24) is 24.8 Å². The first-order chi connectivity index (χ1) is 28.4. The number of fused-ring (bicyclic) bond motifs is 7. The van der Waals surface area contributed by atoms with Crippen LogP contribution in [0.4, 0.5) is 5.82 Å². The first-order valence-electron chi connectivity index (χ1n) is 18.1. The molecule has 3 aliphatic heterocycles. The van der Waals surface area contributed by atoms with Gasteiger partial charge in [-0.3, -0.25) is 13.9 Å². The number of phenolic OH excluding ortho intramolecular Hbond substituents is 2. The van der Waals surface area contributed by atoms with Crippen molar-refractivity contribution in [3.63, 3.8) is 0 Å². The van der Waals surface area contributed by atoms with E-state index in [2.05, 4.69) is 30.1 Å². The number of phenols is 2. The van der Waals surface area contributed by atoms with Gasteiger partial charge in [0.25, 0.3) is 5.91 Å². The molecule has 22 heteroatoms. The smallest absolute Gasteiger partial charge is 0.469 e. The van der Waals surface area contributed by atoms with E-state index in [1.165, 1.54) is 47.6 Å². The minimum atomic E-state index is -4.83. The van der Waals surface area contributed by atoms with Gasteiger partial charge in [-0.2, -0.15) is 0 Å². The van der Waals surface area contributed by atoms with Gasteiger partial charge in [-0.25, -0.2) is 24.3 Å². The number of ether oxygens (including phenoxy) is 5. The summed E-state index contributed by atoms with van der Waals surface area (Å²) in [5.41, 5.74) is 0.550. The summed E-state index contributed by atoms with van der Waals surface area (Å²) in [5.74, 6) is -0.590. The zero-order valence-electron chi connectivity index (χ0n) is 30.7. The second-order valence-corrected chi connectivity index (χ2v) is 14.8. The highest BCUT2D eigenvalue weighted by Crippen LogP contribution is 2.57. The summed E-state index contributed by atoms with van der Waals surface area (Å²) in [6.07, 6.45) is -2.77. The number of anilines is 1. The number of phosphoric ester groups is 1. The summed E-state index contributed by atoms with van der Waals surface area (Å²) in [6, 6.07) is 13.7. The fourth-order valence-electron chi connectivity index (χ4n) is 7.27. The Morgan fingerprint density at radius 1 is 0.881 bits per heavy atom. The lowest BCUT2D eigenvalue weighted by Crippen LogP contribution is -2.33. The quantitative estimate of drug-likeness (QED) is 0.0420. The molecule has 4 atom stereocenters. The van der Waals surface area contributed by atoms with Crippen LogP contribution in [0.3, 0.4) is 0 Å². The number of nitrogens with one attached hydrogen (secondary N) is 2. The molecule has 0 aliphatic carbocycles. The van der Waals surface area contributed by atoms with Crippen molar-refractivity contribution in [3.8, 4) is 23.0 Å². The number of carbonyl (C=O) groups excluding carboxylic acids is 2. The number of rotatable bonds is 15. The third kappa shape index (κ3) is 7.66. The molecule has 3 aliphatic rings. The van der Waals surface area contributed by atoms with Crippen molar-refractivity contribution >= 4 is 36.7 Å². The molecule has 2 aromatic heterocycles. The maximum atomic E-state index is 13.6. The Morgan fingerprint density at radius 3 is 2.27 bits per heavy atom. The molecule has 0 unspecified atom stereocenters. The third-order valence-corrected chi connectivity index (χ3v) is 10.4. The number of amides is 1. The van der Waals surface area contributed by atoms with Gasteiger partial charge in [0.15, 0.2) is 28.8 Å². The normalized spacial score (nSPS) is 20.2. The lowest BCUT2D eigenvalue weighted by atomic mass is 9.77. The van der Waals surface area contributed by atoms with E-state index in [1.807, 2.05) is 0 Å². The van der Waals surface area contributed by atoms with Crippen LogP contribution in [0.2, 0.25) is 0 Å². The van der Waals surface area contributed by atoms with Crippen LogP contribution in [-0.2, 0) is 33.6 Å². The van der Waals surface area contributed by atoms with Gasteiger partial charge in [-0.1, -0.05) is 12.1 Å². The number of aliphatic hydroxyl groups is 2. The average Bonchev–Trinajstić information content (AvgIpc) is 3.85. The fourth-order valence-corrected chi connectivity index (χ4v) is 7.61. The summed E-state index contributed by atoms with van der Waals surface area (Å²) in [7, 11) is -4.83. The maximum Gasteiger partial charge on any atom is 0.469 e. The number of hydrogen-bond donors (Lipinski definition) is 8. The van der Waals surface area contributed by atoms with Gasteiger partial charge in [0.05, 0.1) is 50.5 Å². The SMILES string of the molecule is O=C(NCCOCCOCCNc1ncnc2c1ncn2[C@@H]1O[C@H](COP(=O)(O)O)[C@@H](O)[C@H]1O)c1cccc2c1C(=O)OC21c2ccc(O)cc2Oc2cc(O)ccc21. The number of aromatic hydroxyl groups is 2. The van der Waals surface area contributed by atoms with Crippen molar-refractivity contribution in [2.24, 2.45) is 0 Å². The number of aromatic nitrogens is 4. The maximum absolute atomic E-state index is 13.6. The molecule has 1 spiro atoms. The van der Waals surface area contributed by atoms with Crippen molar-refractivity contribution in [2.75, 3.05) is 51.4 Å². The summed E-state index contributed by atoms with van der Waals surface area (Å²) in [4.78, 5) is 57.6. The molecule has 21 nitrogen and oxygen atoms in total. The van der Waals surface area contributed by atoms with Gasteiger partial charge in [0, 0.05) is 41.9 Å². The third-order valence-electron chi connectivity index (χ3n) is 9.87. The van der Waals surface area contributed by atoms with Gasteiger partial charge in [0.1, 0.15) is 47.6 Å². The zero-order chi connectivity index (χ0) is 41.5. The van der Waals surface area contributed by atoms with Crippen LogP contribution < -0.4 is 15.4 Å². The molecule has 8 rings (SSSR count). The lowest BCUT2D eigenvalue weighted by molar-refractivity contribution is -0.0504. The number of aliphatic hydroxyl groups excluding tert-OH is 2. The van der Waals surface area contributed by atoms with E-state index in [9.17, 15) is 34.6 Å². The van der Waals surface area contributed by atoms with Crippen LogP contribution in [0.25, 0.3) is 11.2 Å². The molecule has 0 saturated carbocycles. The predicted molar refractivity (Wildman–Crippen MR) is 200 cm³/mol. The van der Waals surface area contributed by atoms with Gasteiger partial charge in [-0.05, 0) is 30.3 Å². The molecule has 59 heavy (non-hydrogen) atoms. The largest absolute Gasteiger partial charge is 0.508 e. The Balaban J connectivity index is 0.805. The number of imidazole rings is 1. The molecule has 310 valence electrons. The molecular formula is C37H37N6O15P. The average molecular weight is 837 g/mol. The van der Waals surface area contributed by atoms with Gasteiger partial charge < -0.3 is 64.5 Å². The topological polar surface area (TPSA) is 296 Å². The van der Waals surface area contributed by atoms with Crippen LogP contribution >= 0.6 is 7.82 Å². The van der Waals surface area contributed by atoms with E-state index in [0.717, 1.165) is 0 Å².